The summed E-state index contributed by atoms with van der Waals surface area (Å²) in [7, 11) is 0. The molecule has 0 radical (unpaired) electrons. The Hall–Kier alpha value is -2.02. The maximum absolute atomic E-state index is 12.8. The van der Waals surface area contributed by atoms with E-state index in [1.807, 2.05) is 0 Å². The second-order valence-electron chi connectivity index (χ2n) is 3.68. The summed E-state index contributed by atoms with van der Waals surface area (Å²) in [5.74, 6) is -1.54. The van der Waals surface area contributed by atoms with Crippen molar-refractivity contribution in [1.29, 1.82) is 0 Å². The zero-order valence-electron chi connectivity index (χ0n) is 9.01. The van der Waals surface area contributed by atoms with Crippen LogP contribution in [0, 0.1) is 0 Å². The highest BCUT2D eigenvalue weighted by atomic mass is 35.5. The second-order valence-corrected chi connectivity index (χ2v) is 4.09. The average Bonchev–Trinajstić information content (AvgIpc) is 2.27. The summed E-state index contributed by atoms with van der Waals surface area (Å²) in [5.41, 5.74) is -3.35. The Morgan fingerprint density at radius 2 is 1.95 bits per heavy atom. The van der Waals surface area contributed by atoms with E-state index in [0.717, 1.165) is 18.3 Å². The van der Waals surface area contributed by atoms with Crippen molar-refractivity contribution in [3.05, 3.63) is 44.7 Å². The molecule has 0 saturated carbocycles. The summed E-state index contributed by atoms with van der Waals surface area (Å²) < 4.78 is 38.3. The zero-order valence-corrected chi connectivity index (χ0v) is 9.76. The topological polar surface area (TPSA) is 70.2 Å². The summed E-state index contributed by atoms with van der Waals surface area (Å²) >= 11 is 5.68. The second kappa shape index (κ2) is 4.27. The smallest absolute Gasteiger partial charge is 0.418 e. The van der Waals surface area contributed by atoms with Gasteiger partial charge in [0, 0.05) is 6.20 Å². The first-order chi connectivity index (χ1) is 8.73. The van der Waals surface area contributed by atoms with Gasteiger partial charge in [-0.05, 0) is 12.1 Å². The lowest BCUT2D eigenvalue weighted by Crippen LogP contribution is -2.17. The number of nitrogens with one attached hydrogen (secondary N) is 1. The Kier molecular flexibility index (Phi) is 3.01. The SMILES string of the molecule is O=C(O)c1c[nH]c2c(C(F)(F)F)ccc(Cl)c2c1=O. The van der Waals surface area contributed by atoms with E-state index in [4.69, 9.17) is 16.7 Å². The highest BCUT2D eigenvalue weighted by molar-refractivity contribution is 6.35. The number of aromatic carboxylic acids is 1. The van der Waals surface area contributed by atoms with E-state index >= 15 is 0 Å². The highest BCUT2D eigenvalue weighted by Gasteiger charge is 2.34. The number of halogens is 4. The van der Waals surface area contributed by atoms with Gasteiger partial charge < -0.3 is 10.1 Å². The van der Waals surface area contributed by atoms with Gasteiger partial charge in [-0.3, -0.25) is 4.79 Å². The van der Waals surface area contributed by atoms with Gasteiger partial charge in [0.2, 0.25) is 5.43 Å². The minimum absolute atomic E-state index is 0.243. The molecule has 0 atom stereocenters. The molecule has 4 nitrogen and oxygen atoms in total. The number of carboxylic acids is 1. The van der Waals surface area contributed by atoms with Crippen LogP contribution in [-0.4, -0.2) is 16.1 Å². The monoisotopic (exact) mass is 291 g/mol. The Morgan fingerprint density at radius 1 is 1.32 bits per heavy atom. The molecule has 0 aliphatic carbocycles. The minimum Gasteiger partial charge on any atom is -0.477 e. The molecule has 0 unspecified atom stereocenters. The number of rotatable bonds is 1. The maximum Gasteiger partial charge on any atom is 0.418 e. The fraction of sp³-hybridized carbons (Fsp3) is 0.0909. The molecule has 2 rings (SSSR count). The summed E-state index contributed by atoms with van der Waals surface area (Å²) in [6.07, 6.45) is -3.96. The van der Waals surface area contributed by atoms with Gasteiger partial charge in [0.25, 0.3) is 0 Å². The first-order valence-corrected chi connectivity index (χ1v) is 5.25. The molecule has 0 bridgehead atoms. The fourth-order valence-electron chi connectivity index (χ4n) is 1.69. The third-order valence-corrected chi connectivity index (χ3v) is 2.84. The van der Waals surface area contributed by atoms with Gasteiger partial charge in [0.15, 0.2) is 0 Å². The molecule has 0 aliphatic rings. The molecule has 19 heavy (non-hydrogen) atoms. The Bertz CT molecular complexity index is 736. The Labute approximate surface area is 108 Å². The van der Waals surface area contributed by atoms with Crippen molar-refractivity contribution in [2.24, 2.45) is 0 Å². The third-order valence-electron chi connectivity index (χ3n) is 2.52. The van der Waals surface area contributed by atoms with Crippen LogP contribution in [0.25, 0.3) is 10.9 Å². The Morgan fingerprint density at radius 3 is 2.47 bits per heavy atom. The molecule has 2 aromatic rings. The molecule has 0 amide bonds. The van der Waals surface area contributed by atoms with E-state index in [1.165, 1.54) is 0 Å². The van der Waals surface area contributed by atoms with Crippen LogP contribution in [0.5, 0.6) is 0 Å². The fourth-order valence-corrected chi connectivity index (χ4v) is 1.93. The number of carbonyl (C=O) groups is 1. The summed E-state index contributed by atoms with van der Waals surface area (Å²) in [5, 5.41) is 8.03. The summed E-state index contributed by atoms with van der Waals surface area (Å²) in [6, 6.07) is 1.63. The molecular formula is C11H5ClF3NO3. The normalized spacial score (nSPS) is 11.8. The minimum atomic E-state index is -4.68. The quantitative estimate of drug-likeness (QED) is 0.848. The van der Waals surface area contributed by atoms with Crippen molar-refractivity contribution in [2.75, 3.05) is 0 Å². The number of hydrogen-bond acceptors (Lipinski definition) is 2. The molecule has 0 fully saturated rings. The number of H-pyrrole nitrogens is 1. The van der Waals surface area contributed by atoms with Crippen LogP contribution in [-0.2, 0) is 6.18 Å². The van der Waals surface area contributed by atoms with Crippen LogP contribution in [0.15, 0.2) is 23.1 Å². The molecule has 0 aliphatic heterocycles. The van der Waals surface area contributed by atoms with Gasteiger partial charge in [-0.15, -0.1) is 0 Å². The number of benzene rings is 1. The van der Waals surface area contributed by atoms with Gasteiger partial charge >= 0.3 is 12.1 Å². The number of aromatic nitrogens is 1. The van der Waals surface area contributed by atoms with E-state index in [9.17, 15) is 22.8 Å². The summed E-state index contributed by atoms with van der Waals surface area (Å²) in [6.45, 7) is 0. The van der Waals surface area contributed by atoms with Gasteiger partial charge in [-0.2, -0.15) is 13.2 Å². The van der Waals surface area contributed by atoms with Crippen molar-refractivity contribution in [3.8, 4) is 0 Å². The third kappa shape index (κ3) is 2.17. The largest absolute Gasteiger partial charge is 0.477 e. The van der Waals surface area contributed by atoms with E-state index < -0.39 is 39.6 Å². The average molecular weight is 292 g/mol. The zero-order chi connectivity index (χ0) is 14.4. The number of alkyl halides is 3. The number of aromatic amines is 1. The lowest BCUT2D eigenvalue weighted by molar-refractivity contribution is -0.136. The number of carboxylic acid groups (broad SMARTS) is 1. The van der Waals surface area contributed by atoms with Crippen LogP contribution >= 0.6 is 11.6 Å². The van der Waals surface area contributed by atoms with Crippen molar-refractivity contribution in [3.63, 3.8) is 0 Å². The Balaban J connectivity index is 2.97. The van der Waals surface area contributed by atoms with Crippen molar-refractivity contribution >= 4 is 28.5 Å². The van der Waals surface area contributed by atoms with Gasteiger partial charge in [0.1, 0.15) is 5.56 Å². The lowest BCUT2D eigenvalue weighted by atomic mass is 10.1. The molecule has 0 spiro atoms. The van der Waals surface area contributed by atoms with Crippen LogP contribution in [0.4, 0.5) is 13.2 Å². The van der Waals surface area contributed by atoms with Crippen molar-refractivity contribution < 1.29 is 23.1 Å². The number of hydrogen-bond donors (Lipinski definition) is 2. The van der Waals surface area contributed by atoms with E-state index in [2.05, 4.69) is 4.98 Å². The molecule has 2 N–H and O–H groups in total. The van der Waals surface area contributed by atoms with Gasteiger partial charge in [-0.1, -0.05) is 11.6 Å². The van der Waals surface area contributed by atoms with Crippen LogP contribution in [0.1, 0.15) is 15.9 Å². The maximum atomic E-state index is 12.8. The van der Waals surface area contributed by atoms with Gasteiger partial charge in [0.05, 0.1) is 21.5 Å². The van der Waals surface area contributed by atoms with E-state index in [0.29, 0.717) is 0 Å². The first-order valence-electron chi connectivity index (χ1n) is 4.88. The molecule has 8 heteroatoms. The predicted molar refractivity (Wildman–Crippen MR) is 61.5 cm³/mol. The van der Waals surface area contributed by atoms with Crippen molar-refractivity contribution in [2.45, 2.75) is 6.18 Å². The highest BCUT2D eigenvalue weighted by Crippen LogP contribution is 2.35. The van der Waals surface area contributed by atoms with Crippen LogP contribution in [0.3, 0.4) is 0 Å². The molecule has 100 valence electrons. The van der Waals surface area contributed by atoms with Crippen LogP contribution in [0.2, 0.25) is 5.02 Å². The first kappa shape index (κ1) is 13.4. The molecule has 1 aromatic heterocycles. The predicted octanol–water partition coefficient (Wildman–Crippen LogP) is 2.90. The molecule has 0 saturated heterocycles. The molecule has 1 aromatic carbocycles. The van der Waals surface area contributed by atoms with E-state index in [1.54, 1.807) is 0 Å². The van der Waals surface area contributed by atoms with Crippen molar-refractivity contribution in [1.82, 2.24) is 4.98 Å². The summed E-state index contributed by atoms with van der Waals surface area (Å²) in [4.78, 5) is 24.8. The molecular weight excluding hydrogens is 287 g/mol. The van der Waals surface area contributed by atoms with Crippen LogP contribution < -0.4 is 5.43 Å². The van der Waals surface area contributed by atoms with Gasteiger partial charge in [-0.25, -0.2) is 4.79 Å². The lowest BCUT2D eigenvalue weighted by Gasteiger charge is -2.11. The van der Waals surface area contributed by atoms with E-state index in [-0.39, 0.29) is 5.02 Å². The number of fused-ring (bicyclic) bond motifs is 1. The molecule has 1 heterocycles. The standard InChI is InChI=1S/C11H5ClF3NO3/c12-6-2-1-5(11(13,14)15)8-7(6)9(17)4(3-16-8)10(18)19/h1-3H,(H,16,17)(H,18,19). The number of pyridine rings is 1.